The van der Waals surface area contributed by atoms with Crippen LogP contribution >= 0.6 is 0 Å². The highest BCUT2D eigenvalue weighted by Crippen LogP contribution is 2.34. The summed E-state index contributed by atoms with van der Waals surface area (Å²) in [6, 6.07) is 0.733. The molecule has 1 saturated heterocycles. The van der Waals surface area contributed by atoms with Crippen LogP contribution in [0.4, 0.5) is 13.2 Å². The molecule has 1 heterocycles. The van der Waals surface area contributed by atoms with Gasteiger partial charge in [-0.1, -0.05) is 13.8 Å². The standard InChI is InChI=1S/C12H23F3N2/c1-9(2)16-8-10(3)17-6-4-11(5-7-17)12(13,14)15/h9-11,16H,4-8H2,1-3H3. The van der Waals surface area contributed by atoms with Crippen molar-refractivity contribution in [1.82, 2.24) is 10.2 Å². The predicted molar refractivity (Wildman–Crippen MR) is 63.0 cm³/mol. The lowest BCUT2D eigenvalue weighted by Gasteiger charge is -2.37. The van der Waals surface area contributed by atoms with Crippen LogP contribution in [0.25, 0.3) is 0 Å². The lowest BCUT2D eigenvalue weighted by molar-refractivity contribution is -0.185. The van der Waals surface area contributed by atoms with Crippen molar-refractivity contribution >= 4 is 0 Å². The predicted octanol–water partition coefficient (Wildman–Crippen LogP) is 2.65. The fourth-order valence-corrected chi connectivity index (χ4v) is 2.20. The van der Waals surface area contributed by atoms with Crippen molar-refractivity contribution < 1.29 is 13.2 Å². The smallest absolute Gasteiger partial charge is 0.313 e. The van der Waals surface area contributed by atoms with Crippen LogP contribution in [-0.2, 0) is 0 Å². The number of piperidine rings is 1. The minimum absolute atomic E-state index is 0.246. The van der Waals surface area contributed by atoms with E-state index in [1.807, 2.05) is 0 Å². The summed E-state index contributed by atoms with van der Waals surface area (Å²) in [7, 11) is 0. The van der Waals surface area contributed by atoms with Gasteiger partial charge in [-0.15, -0.1) is 0 Å². The van der Waals surface area contributed by atoms with Gasteiger partial charge in [0.2, 0.25) is 0 Å². The quantitative estimate of drug-likeness (QED) is 0.827. The molecule has 0 amide bonds. The maximum Gasteiger partial charge on any atom is 0.391 e. The van der Waals surface area contributed by atoms with Gasteiger partial charge in [-0.3, -0.25) is 4.90 Å². The number of hydrogen-bond acceptors (Lipinski definition) is 2. The zero-order valence-corrected chi connectivity index (χ0v) is 10.8. The number of nitrogens with zero attached hydrogens (tertiary/aromatic N) is 1. The first-order valence-electron chi connectivity index (χ1n) is 6.35. The van der Waals surface area contributed by atoms with Crippen molar-refractivity contribution in [1.29, 1.82) is 0 Å². The highest BCUT2D eigenvalue weighted by molar-refractivity contribution is 4.80. The van der Waals surface area contributed by atoms with Gasteiger partial charge in [0.25, 0.3) is 0 Å². The van der Waals surface area contributed by atoms with E-state index in [2.05, 4.69) is 31.0 Å². The number of nitrogens with one attached hydrogen (secondary N) is 1. The summed E-state index contributed by atoms with van der Waals surface area (Å²) in [4.78, 5) is 2.15. The Kier molecular flexibility index (Phi) is 5.25. The Morgan fingerprint density at radius 3 is 2.12 bits per heavy atom. The first kappa shape index (κ1) is 14.8. The van der Waals surface area contributed by atoms with Gasteiger partial charge in [0, 0.05) is 18.6 Å². The zero-order valence-electron chi connectivity index (χ0n) is 10.8. The van der Waals surface area contributed by atoms with E-state index in [0.29, 0.717) is 25.2 Å². The number of likely N-dealkylation sites (tertiary alicyclic amines) is 1. The fourth-order valence-electron chi connectivity index (χ4n) is 2.20. The summed E-state index contributed by atoms with van der Waals surface area (Å²) in [5, 5.41) is 3.32. The molecule has 1 N–H and O–H groups in total. The number of alkyl halides is 3. The van der Waals surface area contributed by atoms with Gasteiger partial charge in [-0.25, -0.2) is 0 Å². The van der Waals surface area contributed by atoms with Crippen LogP contribution in [0.15, 0.2) is 0 Å². The summed E-state index contributed by atoms with van der Waals surface area (Å²) in [5.74, 6) is -1.09. The SMILES string of the molecule is CC(C)NCC(C)N1CCC(C(F)(F)F)CC1. The third kappa shape index (κ3) is 4.84. The van der Waals surface area contributed by atoms with E-state index >= 15 is 0 Å². The molecule has 1 aliphatic rings. The highest BCUT2D eigenvalue weighted by atomic mass is 19.4. The molecule has 1 unspecified atom stereocenters. The highest BCUT2D eigenvalue weighted by Gasteiger charge is 2.41. The third-order valence-electron chi connectivity index (χ3n) is 3.44. The Morgan fingerprint density at radius 2 is 1.71 bits per heavy atom. The van der Waals surface area contributed by atoms with Crippen molar-refractivity contribution in [2.45, 2.75) is 51.9 Å². The van der Waals surface area contributed by atoms with E-state index in [4.69, 9.17) is 0 Å². The van der Waals surface area contributed by atoms with Gasteiger partial charge >= 0.3 is 6.18 Å². The van der Waals surface area contributed by atoms with Gasteiger partial charge < -0.3 is 5.32 Å². The molecule has 0 aromatic carbocycles. The molecule has 2 nitrogen and oxygen atoms in total. The summed E-state index contributed by atoms with van der Waals surface area (Å²) in [6.07, 6.45) is -3.52. The molecule has 0 radical (unpaired) electrons. The van der Waals surface area contributed by atoms with Crippen LogP contribution in [0.1, 0.15) is 33.6 Å². The number of rotatable bonds is 4. The Balaban J connectivity index is 2.31. The maximum atomic E-state index is 12.5. The third-order valence-corrected chi connectivity index (χ3v) is 3.44. The molecule has 0 bridgehead atoms. The lowest BCUT2D eigenvalue weighted by Crippen LogP contribution is -2.47. The van der Waals surface area contributed by atoms with E-state index in [1.165, 1.54) is 0 Å². The van der Waals surface area contributed by atoms with Crippen LogP contribution in [0.2, 0.25) is 0 Å². The summed E-state index contributed by atoms with van der Waals surface area (Å²) >= 11 is 0. The molecule has 1 atom stereocenters. The van der Waals surface area contributed by atoms with Crippen molar-refractivity contribution in [3.63, 3.8) is 0 Å². The maximum absolute atomic E-state index is 12.5. The largest absolute Gasteiger partial charge is 0.391 e. The lowest BCUT2D eigenvalue weighted by atomic mass is 9.95. The normalized spacial score (nSPS) is 22.1. The van der Waals surface area contributed by atoms with Gasteiger partial charge in [0.15, 0.2) is 0 Å². The van der Waals surface area contributed by atoms with Crippen molar-refractivity contribution in [3.05, 3.63) is 0 Å². The minimum atomic E-state index is -4.01. The fraction of sp³-hybridized carbons (Fsp3) is 1.00. The summed E-state index contributed by atoms with van der Waals surface area (Å²) in [6.45, 7) is 8.18. The Bertz CT molecular complexity index is 220. The second-order valence-corrected chi connectivity index (χ2v) is 5.26. The molecule has 0 aromatic rings. The topological polar surface area (TPSA) is 15.3 Å². The molecule has 1 fully saturated rings. The summed E-state index contributed by atoms with van der Waals surface area (Å²) in [5.41, 5.74) is 0. The van der Waals surface area contributed by atoms with Crippen molar-refractivity contribution in [2.75, 3.05) is 19.6 Å². The number of hydrogen-bond donors (Lipinski definition) is 1. The van der Waals surface area contributed by atoms with Crippen LogP contribution in [0.5, 0.6) is 0 Å². The Morgan fingerprint density at radius 1 is 1.18 bits per heavy atom. The molecule has 0 aromatic heterocycles. The molecule has 0 saturated carbocycles. The first-order chi connectivity index (χ1) is 7.80. The van der Waals surface area contributed by atoms with Crippen LogP contribution in [0.3, 0.4) is 0 Å². The second kappa shape index (κ2) is 6.05. The Hall–Kier alpha value is -0.290. The molecule has 17 heavy (non-hydrogen) atoms. The van der Waals surface area contributed by atoms with Gasteiger partial charge in [0.1, 0.15) is 0 Å². The van der Waals surface area contributed by atoms with Crippen LogP contribution in [-0.4, -0.2) is 42.8 Å². The zero-order chi connectivity index (χ0) is 13.1. The second-order valence-electron chi connectivity index (χ2n) is 5.26. The Labute approximate surface area is 102 Å². The van der Waals surface area contributed by atoms with E-state index in [9.17, 15) is 13.2 Å². The molecule has 0 spiro atoms. The van der Waals surface area contributed by atoms with E-state index < -0.39 is 12.1 Å². The first-order valence-corrected chi connectivity index (χ1v) is 6.35. The van der Waals surface area contributed by atoms with Gasteiger partial charge in [0.05, 0.1) is 5.92 Å². The molecule has 5 heteroatoms. The molecule has 1 rings (SSSR count). The van der Waals surface area contributed by atoms with Crippen LogP contribution in [0, 0.1) is 5.92 Å². The van der Waals surface area contributed by atoms with Crippen molar-refractivity contribution in [3.8, 4) is 0 Å². The van der Waals surface area contributed by atoms with E-state index in [-0.39, 0.29) is 12.8 Å². The molecular formula is C12H23F3N2. The average Bonchev–Trinajstić information content (AvgIpc) is 2.25. The van der Waals surface area contributed by atoms with E-state index in [0.717, 1.165) is 6.54 Å². The molecule has 102 valence electrons. The monoisotopic (exact) mass is 252 g/mol. The number of halogens is 3. The molecular weight excluding hydrogens is 229 g/mol. The van der Waals surface area contributed by atoms with Gasteiger partial charge in [-0.2, -0.15) is 13.2 Å². The van der Waals surface area contributed by atoms with Crippen molar-refractivity contribution in [2.24, 2.45) is 5.92 Å². The summed E-state index contributed by atoms with van der Waals surface area (Å²) < 4.78 is 37.5. The molecule has 1 aliphatic heterocycles. The van der Waals surface area contributed by atoms with Gasteiger partial charge in [-0.05, 0) is 32.9 Å². The van der Waals surface area contributed by atoms with Crippen LogP contribution < -0.4 is 5.32 Å². The minimum Gasteiger partial charge on any atom is -0.313 e. The molecule has 0 aliphatic carbocycles. The van der Waals surface area contributed by atoms with E-state index in [1.54, 1.807) is 0 Å². The average molecular weight is 252 g/mol.